The molecule has 0 saturated carbocycles. The number of halogens is 3. The molecule has 9 heteroatoms. The van der Waals surface area contributed by atoms with Crippen molar-refractivity contribution in [1.29, 1.82) is 0 Å². The summed E-state index contributed by atoms with van der Waals surface area (Å²) in [6.45, 7) is 0.836. The molecule has 0 aliphatic carbocycles. The van der Waals surface area contributed by atoms with Crippen LogP contribution in [0.15, 0.2) is 24.4 Å². The first kappa shape index (κ1) is 16.4. The lowest BCUT2D eigenvalue weighted by Gasteiger charge is -2.21. The number of fused-ring (bicyclic) bond motifs is 2. The predicted molar refractivity (Wildman–Crippen MR) is 90.2 cm³/mol. The minimum atomic E-state index is -4.47. The van der Waals surface area contributed by atoms with Gasteiger partial charge in [0.05, 0.1) is 16.6 Å². The molecular formula is C17H14F3N4O2. The van der Waals surface area contributed by atoms with Crippen molar-refractivity contribution in [2.45, 2.75) is 6.18 Å². The van der Waals surface area contributed by atoms with Gasteiger partial charge >= 0.3 is 6.18 Å². The molecule has 0 bridgehead atoms. The third-order valence-corrected chi connectivity index (χ3v) is 3.97. The number of aromatic amines is 1. The van der Waals surface area contributed by atoms with Crippen LogP contribution in [0.2, 0.25) is 0 Å². The fraction of sp³-hybridized carbons (Fsp3) is 0.235. The molecule has 0 unspecified atom stereocenters. The van der Waals surface area contributed by atoms with E-state index < -0.39 is 11.7 Å². The van der Waals surface area contributed by atoms with Gasteiger partial charge in [-0.1, -0.05) is 0 Å². The number of pyridine rings is 1. The third-order valence-electron chi connectivity index (χ3n) is 3.97. The zero-order valence-electron chi connectivity index (χ0n) is 13.6. The second-order valence-corrected chi connectivity index (χ2v) is 5.60. The average molecular weight is 363 g/mol. The van der Waals surface area contributed by atoms with Gasteiger partial charge in [0.25, 0.3) is 0 Å². The molecule has 6 nitrogen and oxygen atoms in total. The summed E-state index contributed by atoms with van der Waals surface area (Å²) < 4.78 is 50.6. The second-order valence-electron chi connectivity index (χ2n) is 5.60. The normalized spacial score (nSPS) is 13.7. The summed E-state index contributed by atoms with van der Waals surface area (Å²) in [5.74, 6) is 1.34. The Morgan fingerprint density at radius 1 is 1.23 bits per heavy atom. The van der Waals surface area contributed by atoms with Crippen LogP contribution in [0, 0.1) is 6.07 Å². The summed E-state index contributed by atoms with van der Waals surface area (Å²) in [5.41, 5.74) is 0.258. The predicted octanol–water partition coefficient (Wildman–Crippen LogP) is 3.94. The topological polar surface area (TPSA) is 71.2 Å². The lowest BCUT2D eigenvalue weighted by Crippen LogP contribution is -2.16. The quantitative estimate of drug-likeness (QED) is 0.658. The van der Waals surface area contributed by atoms with Gasteiger partial charge in [-0.15, -0.1) is 0 Å². The standard InChI is InChI=1S/C17H14F3N4O2/c1-21-11-7-13(24-16-14(11)9(8-22-16)17(18,19)20)23-10-3-2-4-12-15(10)26-6-5-25-12/h2-3,7-8H,5-6H2,1H3,(H3,21,22,23,24). The van der Waals surface area contributed by atoms with Crippen molar-refractivity contribution in [2.75, 3.05) is 30.9 Å². The summed E-state index contributed by atoms with van der Waals surface area (Å²) >= 11 is 0. The minimum Gasteiger partial charge on any atom is -0.485 e. The molecule has 0 amide bonds. The van der Waals surface area contributed by atoms with Gasteiger partial charge in [0.1, 0.15) is 24.7 Å². The van der Waals surface area contributed by atoms with Crippen LogP contribution < -0.4 is 20.1 Å². The number of aromatic nitrogens is 2. The first-order valence-corrected chi connectivity index (χ1v) is 7.82. The zero-order valence-corrected chi connectivity index (χ0v) is 13.6. The van der Waals surface area contributed by atoms with E-state index in [0.29, 0.717) is 41.9 Å². The van der Waals surface area contributed by atoms with E-state index in [2.05, 4.69) is 26.7 Å². The van der Waals surface area contributed by atoms with Gasteiger partial charge in [-0.25, -0.2) is 4.98 Å². The first-order chi connectivity index (χ1) is 12.5. The maximum atomic E-state index is 13.2. The number of hydrogen-bond donors (Lipinski definition) is 3. The van der Waals surface area contributed by atoms with Gasteiger partial charge in [0, 0.05) is 31.1 Å². The molecule has 3 heterocycles. The number of alkyl halides is 3. The molecule has 2 aromatic heterocycles. The van der Waals surface area contributed by atoms with Crippen molar-refractivity contribution in [3.05, 3.63) is 36.0 Å². The van der Waals surface area contributed by atoms with Gasteiger partial charge in [0.2, 0.25) is 0 Å². The van der Waals surface area contributed by atoms with Crippen molar-refractivity contribution in [1.82, 2.24) is 9.97 Å². The number of nitrogens with zero attached hydrogens (tertiary/aromatic N) is 1. The molecule has 3 aromatic rings. The summed E-state index contributed by atoms with van der Waals surface area (Å²) in [4.78, 5) is 6.83. The molecular weight excluding hydrogens is 349 g/mol. The number of H-pyrrole nitrogens is 1. The molecule has 0 fully saturated rings. The maximum Gasteiger partial charge on any atom is 0.418 e. The van der Waals surface area contributed by atoms with Crippen molar-refractivity contribution in [3.8, 4) is 11.5 Å². The summed E-state index contributed by atoms with van der Waals surface area (Å²) in [6.07, 6.45) is -3.56. The molecule has 1 aromatic carbocycles. The van der Waals surface area contributed by atoms with Crippen LogP contribution in [0.1, 0.15) is 5.56 Å². The zero-order chi connectivity index (χ0) is 18.3. The number of benzene rings is 1. The highest BCUT2D eigenvalue weighted by Gasteiger charge is 2.35. The van der Waals surface area contributed by atoms with E-state index >= 15 is 0 Å². The molecule has 1 aliphatic rings. The highest BCUT2D eigenvalue weighted by molar-refractivity contribution is 5.95. The highest BCUT2D eigenvalue weighted by atomic mass is 19.4. The Hall–Kier alpha value is -3.10. The van der Waals surface area contributed by atoms with Crippen molar-refractivity contribution in [2.24, 2.45) is 0 Å². The Morgan fingerprint density at radius 2 is 2.04 bits per heavy atom. The number of nitrogens with one attached hydrogen (secondary N) is 3. The fourth-order valence-corrected chi connectivity index (χ4v) is 2.86. The second kappa shape index (κ2) is 6.01. The SMILES string of the molecule is CNc1cc(Nc2cc[c]c3c2OCCO3)nc2[nH]cc(C(F)(F)F)c12. The Morgan fingerprint density at radius 3 is 2.81 bits per heavy atom. The van der Waals surface area contributed by atoms with Crippen LogP contribution in [0.5, 0.6) is 11.5 Å². The Kier molecular flexibility index (Phi) is 3.78. The lowest BCUT2D eigenvalue weighted by molar-refractivity contribution is -0.136. The monoisotopic (exact) mass is 363 g/mol. The number of anilines is 3. The minimum absolute atomic E-state index is 0.00597. The Labute approximate surface area is 146 Å². The van der Waals surface area contributed by atoms with E-state index in [1.54, 1.807) is 19.2 Å². The van der Waals surface area contributed by atoms with Crippen molar-refractivity contribution < 1.29 is 22.6 Å². The molecule has 0 saturated heterocycles. The third kappa shape index (κ3) is 2.75. The van der Waals surface area contributed by atoms with Gasteiger partial charge in [-0.3, -0.25) is 0 Å². The van der Waals surface area contributed by atoms with Crippen molar-refractivity contribution >= 4 is 28.2 Å². The highest BCUT2D eigenvalue weighted by Crippen LogP contribution is 2.41. The van der Waals surface area contributed by atoms with Crippen LogP contribution in [-0.4, -0.2) is 30.2 Å². The lowest BCUT2D eigenvalue weighted by atomic mass is 10.1. The maximum absolute atomic E-state index is 13.2. The largest absolute Gasteiger partial charge is 0.485 e. The summed E-state index contributed by atoms with van der Waals surface area (Å²) in [7, 11) is 1.56. The molecule has 0 atom stereocenters. The van der Waals surface area contributed by atoms with E-state index in [4.69, 9.17) is 9.47 Å². The summed E-state index contributed by atoms with van der Waals surface area (Å²) in [6, 6.07) is 7.85. The van der Waals surface area contributed by atoms with E-state index in [-0.39, 0.29) is 11.0 Å². The van der Waals surface area contributed by atoms with E-state index in [0.717, 1.165) is 6.20 Å². The number of rotatable bonds is 3. The molecule has 135 valence electrons. The Balaban J connectivity index is 1.77. The van der Waals surface area contributed by atoms with Crippen LogP contribution in [-0.2, 0) is 6.18 Å². The molecule has 3 N–H and O–H groups in total. The molecule has 4 rings (SSSR count). The number of ether oxygens (including phenoxy) is 2. The van der Waals surface area contributed by atoms with Crippen LogP contribution in [0.4, 0.5) is 30.4 Å². The molecule has 1 radical (unpaired) electrons. The fourth-order valence-electron chi connectivity index (χ4n) is 2.86. The Bertz CT molecular complexity index is 969. The molecule has 26 heavy (non-hydrogen) atoms. The molecule has 1 aliphatic heterocycles. The van der Waals surface area contributed by atoms with E-state index in [1.165, 1.54) is 6.07 Å². The van der Waals surface area contributed by atoms with E-state index in [9.17, 15) is 13.2 Å². The van der Waals surface area contributed by atoms with Crippen LogP contribution in [0.25, 0.3) is 11.0 Å². The van der Waals surface area contributed by atoms with Crippen LogP contribution >= 0.6 is 0 Å². The van der Waals surface area contributed by atoms with Crippen molar-refractivity contribution in [3.63, 3.8) is 0 Å². The first-order valence-electron chi connectivity index (χ1n) is 7.82. The van der Waals surface area contributed by atoms with Crippen LogP contribution in [0.3, 0.4) is 0 Å². The number of hydrogen-bond acceptors (Lipinski definition) is 5. The molecule has 0 spiro atoms. The van der Waals surface area contributed by atoms with E-state index in [1.807, 2.05) is 0 Å². The average Bonchev–Trinajstić information content (AvgIpc) is 3.06. The van der Waals surface area contributed by atoms with Gasteiger partial charge < -0.3 is 25.1 Å². The smallest absolute Gasteiger partial charge is 0.418 e. The van der Waals surface area contributed by atoms with Gasteiger partial charge in [-0.2, -0.15) is 13.2 Å². The summed E-state index contributed by atoms with van der Waals surface area (Å²) in [5, 5.41) is 5.86. The van der Waals surface area contributed by atoms with Gasteiger partial charge in [-0.05, 0) is 12.1 Å². The van der Waals surface area contributed by atoms with Gasteiger partial charge in [0.15, 0.2) is 11.5 Å².